The van der Waals surface area contributed by atoms with Crippen LogP contribution in [-0.4, -0.2) is 124 Å². The smallest absolute Gasteiger partial charge is 0.239 e. The molecule has 0 unspecified atom stereocenters. The Bertz CT molecular complexity index is 1570. The van der Waals surface area contributed by atoms with E-state index in [4.69, 9.17) is 23.4 Å². The third-order valence-corrected chi connectivity index (χ3v) is 7.41. The molecular weight excluding hydrogens is 596 g/mol. The molecule has 5 rings (SSSR count). The highest BCUT2D eigenvalue weighted by molar-refractivity contribution is 5.88. The second-order valence-electron chi connectivity index (χ2n) is 10.4. The van der Waals surface area contributed by atoms with Crippen molar-refractivity contribution in [1.29, 1.82) is 0 Å². The lowest BCUT2D eigenvalue weighted by Gasteiger charge is -2.45. The van der Waals surface area contributed by atoms with Gasteiger partial charge in [0, 0.05) is 17.7 Å². The standard InChI is InChI=1S/C27H30O17/c1-7-16(33)20(37)22(39)26(40-7)44-25-21(38)18(35)14(6-28)42-27(25)43-24-19(36)15-10(30)4-9(29)5-13(15)41-23(24)8-2-11(31)17(34)12(32)3-8/h2-5,7,14,16,18,20-22,25-35,37-39H,6H2,1H3/t7-,14+,16-,18+,20+,21-,22+,25+,26-,27-/m0/s1. The van der Waals surface area contributed by atoms with Crippen molar-refractivity contribution in [3.05, 3.63) is 34.5 Å². The zero-order valence-electron chi connectivity index (χ0n) is 22.7. The average Bonchev–Trinajstić information content (AvgIpc) is 2.97. The molecule has 2 saturated heterocycles. The van der Waals surface area contributed by atoms with Crippen molar-refractivity contribution in [3.63, 3.8) is 0 Å². The van der Waals surface area contributed by atoms with E-state index in [1.165, 1.54) is 6.92 Å². The van der Waals surface area contributed by atoms with E-state index in [1.54, 1.807) is 0 Å². The molecule has 3 aromatic rings. The van der Waals surface area contributed by atoms with Crippen LogP contribution in [0.1, 0.15) is 6.92 Å². The normalized spacial score (nSPS) is 32.5. The zero-order valence-corrected chi connectivity index (χ0v) is 22.7. The van der Waals surface area contributed by atoms with Gasteiger partial charge in [0.1, 0.15) is 59.1 Å². The Morgan fingerprint density at radius 3 is 2.07 bits per heavy atom. The second kappa shape index (κ2) is 11.9. The summed E-state index contributed by atoms with van der Waals surface area (Å²) in [5, 5.41) is 112. The SMILES string of the molecule is C[C@@H]1O[C@@H](O[C@H]2[C@H](Oc3c(-c4cc(O)c(O)c(O)c4)oc4cc(O)cc(O)c4c3=O)O[C@H](CO)[C@@H](O)[C@@H]2O)[C@H](O)[C@H](O)[C@H]1O. The maximum atomic E-state index is 13.7. The van der Waals surface area contributed by atoms with E-state index in [1.807, 2.05) is 0 Å². The summed E-state index contributed by atoms with van der Waals surface area (Å²) in [6.07, 6.45) is -17.1. The highest BCUT2D eigenvalue weighted by Crippen LogP contribution is 2.43. The number of aromatic hydroxyl groups is 5. The third kappa shape index (κ3) is 5.45. The van der Waals surface area contributed by atoms with Crippen molar-refractivity contribution >= 4 is 11.0 Å². The van der Waals surface area contributed by atoms with E-state index < -0.39 is 119 Å². The number of aliphatic hydroxyl groups excluding tert-OH is 6. The third-order valence-electron chi connectivity index (χ3n) is 7.41. The maximum Gasteiger partial charge on any atom is 0.239 e. The quantitative estimate of drug-likeness (QED) is 0.132. The molecule has 0 radical (unpaired) electrons. The number of benzene rings is 2. The van der Waals surface area contributed by atoms with Gasteiger partial charge in [-0.2, -0.15) is 0 Å². The van der Waals surface area contributed by atoms with Crippen molar-refractivity contribution < 1.29 is 79.5 Å². The molecule has 2 fully saturated rings. The zero-order chi connectivity index (χ0) is 32.2. The Hall–Kier alpha value is -3.91. The summed E-state index contributed by atoms with van der Waals surface area (Å²) in [6.45, 7) is 0.488. The molecule has 10 atom stereocenters. The van der Waals surface area contributed by atoms with Crippen LogP contribution in [0.5, 0.6) is 34.5 Å². The van der Waals surface area contributed by atoms with Crippen LogP contribution in [0.2, 0.25) is 0 Å². The first-order valence-electron chi connectivity index (χ1n) is 13.2. The first kappa shape index (κ1) is 31.5. The molecule has 1 aromatic heterocycles. The molecule has 0 amide bonds. The Kier molecular flexibility index (Phi) is 8.51. The van der Waals surface area contributed by atoms with Gasteiger partial charge in [0.25, 0.3) is 0 Å². The van der Waals surface area contributed by atoms with E-state index in [2.05, 4.69) is 0 Å². The molecule has 0 bridgehead atoms. The molecule has 0 spiro atoms. The predicted molar refractivity (Wildman–Crippen MR) is 142 cm³/mol. The number of phenolic OH excluding ortho intramolecular Hbond substituents is 5. The Balaban J connectivity index is 1.64. The summed E-state index contributed by atoms with van der Waals surface area (Å²) in [5.41, 5.74) is -1.78. The van der Waals surface area contributed by atoms with Gasteiger partial charge < -0.3 is 79.5 Å². The highest BCUT2D eigenvalue weighted by atomic mass is 16.8. The van der Waals surface area contributed by atoms with Crippen molar-refractivity contribution in [3.8, 4) is 45.8 Å². The topological polar surface area (TPSA) is 290 Å². The molecule has 240 valence electrons. The number of ether oxygens (including phenoxy) is 4. The van der Waals surface area contributed by atoms with Crippen molar-refractivity contribution in [2.24, 2.45) is 0 Å². The maximum absolute atomic E-state index is 13.7. The highest BCUT2D eigenvalue weighted by Gasteiger charge is 2.51. The fourth-order valence-corrected chi connectivity index (χ4v) is 4.99. The number of fused-ring (bicyclic) bond motifs is 1. The largest absolute Gasteiger partial charge is 0.508 e. The minimum Gasteiger partial charge on any atom is -0.508 e. The van der Waals surface area contributed by atoms with Crippen LogP contribution in [0, 0.1) is 0 Å². The lowest BCUT2D eigenvalue weighted by molar-refractivity contribution is -0.354. The van der Waals surface area contributed by atoms with E-state index >= 15 is 0 Å². The van der Waals surface area contributed by atoms with Gasteiger partial charge in [-0.15, -0.1) is 0 Å². The Morgan fingerprint density at radius 1 is 0.773 bits per heavy atom. The molecule has 17 heteroatoms. The molecule has 0 saturated carbocycles. The fourth-order valence-electron chi connectivity index (χ4n) is 4.99. The van der Waals surface area contributed by atoms with Gasteiger partial charge in [0.15, 0.2) is 35.4 Å². The number of rotatable bonds is 6. The molecule has 11 N–H and O–H groups in total. The summed E-state index contributed by atoms with van der Waals surface area (Å²) >= 11 is 0. The summed E-state index contributed by atoms with van der Waals surface area (Å²) in [6, 6.07) is 3.55. The molecule has 3 heterocycles. The minimum atomic E-state index is -1.95. The molecule has 2 aromatic carbocycles. The first-order valence-corrected chi connectivity index (χ1v) is 13.2. The van der Waals surface area contributed by atoms with Crippen LogP contribution in [-0.2, 0) is 14.2 Å². The summed E-state index contributed by atoms with van der Waals surface area (Å²) in [5.74, 6) is -5.23. The summed E-state index contributed by atoms with van der Waals surface area (Å²) in [7, 11) is 0. The number of hydrogen-bond donors (Lipinski definition) is 11. The van der Waals surface area contributed by atoms with Crippen LogP contribution < -0.4 is 10.2 Å². The molecule has 17 nitrogen and oxygen atoms in total. The van der Waals surface area contributed by atoms with Gasteiger partial charge in [-0.25, -0.2) is 0 Å². The predicted octanol–water partition coefficient (Wildman–Crippen LogP) is -1.98. The van der Waals surface area contributed by atoms with Gasteiger partial charge in [-0.05, 0) is 19.1 Å². The van der Waals surface area contributed by atoms with Gasteiger partial charge in [0.05, 0.1) is 12.7 Å². The molecule has 0 aliphatic carbocycles. The minimum absolute atomic E-state index is 0.279. The van der Waals surface area contributed by atoms with Gasteiger partial charge in [-0.1, -0.05) is 0 Å². The van der Waals surface area contributed by atoms with E-state index in [9.17, 15) is 61.0 Å². The van der Waals surface area contributed by atoms with E-state index in [-0.39, 0.29) is 11.1 Å². The molecule has 2 aliphatic rings. The molecule has 44 heavy (non-hydrogen) atoms. The molecule has 2 aliphatic heterocycles. The number of hydrogen-bond acceptors (Lipinski definition) is 17. The summed E-state index contributed by atoms with van der Waals surface area (Å²) in [4.78, 5) is 13.7. The van der Waals surface area contributed by atoms with E-state index in [0.29, 0.717) is 0 Å². The van der Waals surface area contributed by atoms with Crippen LogP contribution in [0.3, 0.4) is 0 Å². The van der Waals surface area contributed by atoms with Gasteiger partial charge >= 0.3 is 0 Å². The monoisotopic (exact) mass is 626 g/mol. The second-order valence-corrected chi connectivity index (χ2v) is 10.4. The molecular formula is C27H30O17. The van der Waals surface area contributed by atoms with Gasteiger partial charge in [-0.3, -0.25) is 4.79 Å². The fraction of sp³-hybridized carbons (Fsp3) is 0.444. The first-order chi connectivity index (χ1) is 20.7. The Morgan fingerprint density at radius 2 is 1.43 bits per heavy atom. The van der Waals surface area contributed by atoms with Crippen molar-refractivity contribution in [1.82, 2.24) is 0 Å². The van der Waals surface area contributed by atoms with Crippen molar-refractivity contribution in [2.75, 3.05) is 6.61 Å². The Labute approximate surface area is 246 Å². The average molecular weight is 627 g/mol. The van der Waals surface area contributed by atoms with Crippen LogP contribution >= 0.6 is 0 Å². The van der Waals surface area contributed by atoms with Crippen molar-refractivity contribution in [2.45, 2.75) is 68.3 Å². The van der Waals surface area contributed by atoms with Crippen LogP contribution in [0.25, 0.3) is 22.3 Å². The lowest BCUT2D eigenvalue weighted by Crippen LogP contribution is -2.64. The number of phenols is 5. The number of aliphatic hydroxyl groups is 6. The van der Waals surface area contributed by atoms with Gasteiger partial charge in [0.2, 0.25) is 17.5 Å². The lowest BCUT2D eigenvalue weighted by atomic mass is 9.97. The van der Waals surface area contributed by atoms with E-state index in [0.717, 1.165) is 24.3 Å². The summed E-state index contributed by atoms with van der Waals surface area (Å²) < 4.78 is 28.2. The van der Waals surface area contributed by atoms with Crippen LogP contribution in [0.15, 0.2) is 33.5 Å². The van der Waals surface area contributed by atoms with Crippen LogP contribution in [0.4, 0.5) is 0 Å².